The summed E-state index contributed by atoms with van der Waals surface area (Å²) >= 11 is 5.96. The largest absolute Gasteiger partial charge is 0.467 e. The van der Waals surface area contributed by atoms with Crippen molar-refractivity contribution in [1.82, 2.24) is 0 Å². The van der Waals surface area contributed by atoms with Crippen molar-refractivity contribution in [2.24, 2.45) is 0 Å². The Kier molecular flexibility index (Phi) is 5.65. The van der Waals surface area contributed by atoms with Gasteiger partial charge in [0.2, 0.25) is 0 Å². The van der Waals surface area contributed by atoms with Crippen LogP contribution in [0.2, 0.25) is 5.02 Å². The zero-order chi connectivity index (χ0) is 16.8. The van der Waals surface area contributed by atoms with Gasteiger partial charge in [-0.05, 0) is 31.2 Å². The van der Waals surface area contributed by atoms with Gasteiger partial charge in [-0.25, -0.2) is 9.59 Å². The number of methoxy groups -OCH3 is 1. The zero-order valence-electron chi connectivity index (χ0n) is 12.7. The van der Waals surface area contributed by atoms with Crippen LogP contribution in [0, 0.1) is 0 Å². The third-order valence-corrected chi connectivity index (χ3v) is 3.40. The SMILES string of the molecule is CCOC(=O)c1ccoc1CNc1ccc(Cl)c(C(=O)OC)c1. The summed E-state index contributed by atoms with van der Waals surface area (Å²) in [6.07, 6.45) is 1.42. The molecular weight excluding hydrogens is 322 g/mol. The zero-order valence-corrected chi connectivity index (χ0v) is 13.5. The Bertz CT molecular complexity index is 710. The first-order valence-corrected chi connectivity index (χ1v) is 7.29. The Morgan fingerprint density at radius 1 is 1.22 bits per heavy atom. The van der Waals surface area contributed by atoms with Crippen LogP contribution in [0.5, 0.6) is 0 Å². The molecule has 0 unspecified atom stereocenters. The number of ether oxygens (including phenoxy) is 2. The van der Waals surface area contributed by atoms with Gasteiger partial charge in [-0.1, -0.05) is 11.6 Å². The molecular formula is C16H16ClNO5. The van der Waals surface area contributed by atoms with E-state index in [1.54, 1.807) is 31.2 Å². The number of carbonyl (C=O) groups excluding carboxylic acids is 2. The molecule has 0 aliphatic rings. The summed E-state index contributed by atoms with van der Waals surface area (Å²) in [6.45, 7) is 2.28. The Morgan fingerprint density at radius 3 is 2.70 bits per heavy atom. The van der Waals surface area contributed by atoms with E-state index in [1.165, 1.54) is 13.4 Å². The lowest BCUT2D eigenvalue weighted by Gasteiger charge is -2.09. The molecule has 0 aliphatic heterocycles. The van der Waals surface area contributed by atoms with Crippen LogP contribution in [0.4, 0.5) is 5.69 Å². The average molecular weight is 338 g/mol. The van der Waals surface area contributed by atoms with E-state index in [-0.39, 0.29) is 18.7 Å². The monoisotopic (exact) mass is 337 g/mol. The molecule has 0 aliphatic carbocycles. The van der Waals surface area contributed by atoms with Gasteiger partial charge in [0.15, 0.2) is 0 Å². The lowest BCUT2D eigenvalue weighted by Crippen LogP contribution is -2.09. The molecule has 0 fully saturated rings. The summed E-state index contributed by atoms with van der Waals surface area (Å²) in [6, 6.07) is 6.42. The summed E-state index contributed by atoms with van der Waals surface area (Å²) in [5.74, 6) is -0.522. The van der Waals surface area contributed by atoms with E-state index in [9.17, 15) is 9.59 Å². The molecule has 2 rings (SSSR count). The molecule has 0 amide bonds. The normalized spacial score (nSPS) is 10.2. The van der Waals surface area contributed by atoms with Crippen molar-refractivity contribution in [3.05, 3.63) is 52.4 Å². The van der Waals surface area contributed by atoms with E-state index in [0.717, 1.165) is 0 Å². The first kappa shape index (κ1) is 16.9. The number of anilines is 1. The van der Waals surface area contributed by atoms with Gasteiger partial charge < -0.3 is 19.2 Å². The lowest BCUT2D eigenvalue weighted by atomic mass is 10.2. The minimum absolute atomic E-state index is 0.253. The first-order valence-electron chi connectivity index (χ1n) is 6.92. The highest BCUT2D eigenvalue weighted by molar-refractivity contribution is 6.33. The van der Waals surface area contributed by atoms with E-state index in [1.807, 2.05) is 0 Å². The van der Waals surface area contributed by atoms with Crippen LogP contribution < -0.4 is 5.32 Å². The molecule has 122 valence electrons. The van der Waals surface area contributed by atoms with Gasteiger partial charge in [0.05, 0.1) is 37.1 Å². The molecule has 0 saturated carbocycles. The Balaban J connectivity index is 2.12. The molecule has 6 nitrogen and oxygen atoms in total. The topological polar surface area (TPSA) is 77.8 Å². The number of benzene rings is 1. The molecule has 1 heterocycles. The lowest BCUT2D eigenvalue weighted by molar-refractivity contribution is 0.0523. The molecule has 1 aromatic heterocycles. The van der Waals surface area contributed by atoms with E-state index in [2.05, 4.69) is 10.1 Å². The van der Waals surface area contributed by atoms with E-state index < -0.39 is 11.9 Å². The minimum Gasteiger partial charge on any atom is -0.467 e. The smallest absolute Gasteiger partial charge is 0.341 e. The quantitative estimate of drug-likeness (QED) is 0.813. The van der Waals surface area contributed by atoms with Crippen molar-refractivity contribution in [3.63, 3.8) is 0 Å². The van der Waals surface area contributed by atoms with Crippen LogP contribution in [0.3, 0.4) is 0 Å². The highest BCUT2D eigenvalue weighted by Crippen LogP contribution is 2.22. The van der Waals surface area contributed by atoms with Crippen molar-refractivity contribution in [3.8, 4) is 0 Å². The number of nitrogens with one attached hydrogen (secondary N) is 1. The molecule has 2 aromatic rings. The number of furan rings is 1. The maximum atomic E-state index is 11.8. The average Bonchev–Trinajstić information content (AvgIpc) is 3.02. The van der Waals surface area contributed by atoms with Crippen LogP contribution in [-0.4, -0.2) is 25.7 Å². The molecule has 0 atom stereocenters. The number of rotatable bonds is 6. The maximum Gasteiger partial charge on any atom is 0.341 e. The fraction of sp³-hybridized carbons (Fsp3) is 0.250. The molecule has 23 heavy (non-hydrogen) atoms. The van der Waals surface area contributed by atoms with Crippen molar-refractivity contribution in [1.29, 1.82) is 0 Å². The fourth-order valence-electron chi connectivity index (χ4n) is 1.95. The minimum atomic E-state index is -0.524. The van der Waals surface area contributed by atoms with Gasteiger partial charge in [-0.2, -0.15) is 0 Å². The molecule has 0 radical (unpaired) electrons. The molecule has 1 N–H and O–H groups in total. The number of hydrogen-bond acceptors (Lipinski definition) is 6. The Labute approximate surface area is 138 Å². The van der Waals surface area contributed by atoms with Gasteiger partial charge in [0.25, 0.3) is 0 Å². The van der Waals surface area contributed by atoms with E-state index in [4.69, 9.17) is 20.8 Å². The second-order valence-corrected chi connectivity index (χ2v) is 4.92. The number of carbonyl (C=O) groups is 2. The van der Waals surface area contributed by atoms with Gasteiger partial charge in [-0.3, -0.25) is 0 Å². The molecule has 0 saturated heterocycles. The predicted octanol–water partition coefficient (Wildman–Crippen LogP) is 3.51. The van der Waals surface area contributed by atoms with Gasteiger partial charge >= 0.3 is 11.9 Å². The third-order valence-electron chi connectivity index (χ3n) is 3.07. The molecule has 0 spiro atoms. The second-order valence-electron chi connectivity index (χ2n) is 4.52. The van der Waals surface area contributed by atoms with E-state index in [0.29, 0.717) is 22.0 Å². The van der Waals surface area contributed by atoms with Crippen molar-refractivity contribution in [2.75, 3.05) is 19.0 Å². The van der Waals surface area contributed by atoms with Gasteiger partial charge in [0, 0.05) is 5.69 Å². The molecule has 7 heteroatoms. The van der Waals surface area contributed by atoms with Crippen LogP contribution in [0.1, 0.15) is 33.4 Å². The molecule has 1 aromatic carbocycles. The van der Waals surface area contributed by atoms with Crippen molar-refractivity contribution >= 4 is 29.2 Å². The van der Waals surface area contributed by atoms with E-state index >= 15 is 0 Å². The number of halogens is 1. The highest BCUT2D eigenvalue weighted by atomic mass is 35.5. The van der Waals surface area contributed by atoms with Gasteiger partial charge in [0.1, 0.15) is 11.3 Å². The summed E-state index contributed by atoms with van der Waals surface area (Å²) in [7, 11) is 1.28. The maximum absolute atomic E-state index is 11.8. The summed E-state index contributed by atoms with van der Waals surface area (Å²) in [5, 5.41) is 3.36. The highest BCUT2D eigenvalue weighted by Gasteiger charge is 2.16. The van der Waals surface area contributed by atoms with Crippen LogP contribution >= 0.6 is 11.6 Å². The van der Waals surface area contributed by atoms with Crippen LogP contribution in [0.15, 0.2) is 34.9 Å². The van der Waals surface area contributed by atoms with Crippen molar-refractivity contribution < 1.29 is 23.5 Å². The van der Waals surface area contributed by atoms with Crippen LogP contribution in [-0.2, 0) is 16.0 Å². The van der Waals surface area contributed by atoms with Crippen molar-refractivity contribution in [2.45, 2.75) is 13.5 Å². The summed E-state index contributed by atoms with van der Waals surface area (Å²) < 4.78 is 14.9. The Morgan fingerprint density at radius 2 is 2.00 bits per heavy atom. The fourth-order valence-corrected chi connectivity index (χ4v) is 2.15. The predicted molar refractivity (Wildman–Crippen MR) is 84.8 cm³/mol. The summed E-state index contributed by atoms with van der Waals surface area (Å²) in [5.41, 5.74) is 1.26. The van der Waals surface area contributed by atoms with Gasteiger partial charge in [-0.15, -0.1) is 0 Å². The number of esters is 2. The first-order chi connectivity index (χ1) is 11.1. The summed E-state index contributed by atoms with van der Waals surface area (Å²) in [4.78, 5) is 23.4. The number of hydrogen-bond donors (Lipinski definition) is 1. The molecule has 0 bridgehead atoms. The Hall–Kier alpha value is -2.47. The second kappa shape index (κ2) is 7.69. The standard InChI is InChI=1S/C16H16ClNO5/c1-3-22-16(20)11-6-7-23-14(11)9-18-10-4-5-13(17)12(8-10)15(19)21-2/h4-8,18H,3,9H2,1-2H3. The third kappa shape index (κ3) is 4.04. The van der Waals surface area contributed by atoms with Crippen LogP contribution in [0.25, 0.3) is 0 Å².